The smallest absolute Gasteiger partial charge is 0.410 e. The summed E-state index contributed by atoms with van der Waals surface area (Å²) in [5, 5.41) is 13.4. The average Bonchev–Trinajstić information content (AvgIpc) is 2.99. The fourth-order valence-corrected chi connectivity index (χ4v) is 3.54. The Morgan fingerprint density at radius 2 is 1.18 bits per heavy atom. The molecule has 2 heterocycles. The van der Waals surface area contributed by atoms with Crippen LogP contribution in [0.15, 0.2) is 0 Å². The number of carbonyl (C=O) groups excluding carboxylic acids is 3. The molecule has 0 saturated carbocycles. The number of alkyl halides is 2. The van der Waals surface area contributed by atoms with E-state index in [1.807, 2.05) is 0 Å². The van der Waals surface area contributed by atoms with Crippen LogP contribution in [0.25, 0.3) is 0 Å². The van der Waals surface area contributed by atoms with Crippen molar-refractivity contribution in [1.82, 2.24) is 25.7 Å². The van der Waals surface area contributed by atoms with Gasteiger partial charge in [-0.25, -0.2) is 24.9 Å². The molecule has 300 valence electrons. The van der Waals surface area contributed by atoms with Crippen LogP contribution in [0.4, 0.5) is 9.59 Å². The van der Waals surface area contributed by atoms with E-state index in [4.69, 9.17) is 52.1 Å². The number of carboxylic acid groups (broad SMARTS) is 1. The molecule has 0 unspecified atom stereocenters. The maximum atomic E-state index is 11.9. The molecule has 16 nitrogen and oxygen atoms in total. The fraction of sp³-hybridized carbons (Fsp3) is 0.871. The Labute approximate surface area is 316 Å². The number of hydrogen-bond donors (Lipinski definition) is 3. The monoisotopic (exact) mass is 785 g/mol. The first kappa shape index (κ1) is 54.9. The van der Waals surface area contributed by atoms with Crippen molar-refractivity contribution in [2.75, 3.05) is 73.0 Å². The Kier molecular flexibility index (Phi) is 32.6. The first-order chi connectivity index (χ1) is 22.5. The molecule has 3 N–H and O–H groups in total. The number of hydroxylamine groups is 3. The van der Waals surface area contributed by atoms with E-state index >= 15 is 0 Å². The van der Waals surface area contributed by atoms with Crippen molar-refractivity contribution in [3.63, 3.8) is 0 Å². The molecule has 0 bridgehead atoms. The maximum absolute atomic E-state index is 11.9. The topological polar surface area (TPSA) is 178 Å². The lowest BCUT2D eigenvalue weighted by molar-refractivity contribution is -0.184. The van der Waals surface area contributed by atoms with Gasteiger partial charge in [0.25, 0.3) is 5.91 Å². The Morgan fingerprint density at radius 1 is 0.840 bits per heavy atom. The minimum Gasteiger partial charge on any atom is -0.479 e. The van der Waals surface area contributed by atoms with E-state index in [9.17, 15) is 19.2 Å². The van der Waals surface area contributed by atoms with Gasteiger partial charge in [0, 0.05) is 39.3 Å². The summed E-state index contributed by atoms with van der Waals surface area (Å²) in [6.45, 7) is 20.8. The third-order valence-corrected chi connectivity index (χ3v) is 5.44. The van der Waals surface area contributed by atoms with Gasteiger partial charge in [-0.1, -0.05) is 27.7 Å². The summed E-state index contributed by atoms with van der Waals surface area (Å²) in [7, 11) is 6.17. The molecule has 2 aliphatic rings. The number of nitrogens with zero attached hydrogens (tertiary/aromatic N) is 3. The van der Waals surface area contributed by atoms with Crippen LogP contribution in [-0.2, 0) is 38.2 Å². The molecule has 2 saturated heterocycles. The van der Waals surface area contributed by atoms with Crippen molar-refractivity contribution in [2.45, 2.75) is 105 Å². The molecule has 2 fully saturated rings. The van der Waals surface area contributed by atoms with Crippen molar-refractivity contribution in [1.29, 1.82) is 0 Å². The number of halogens is 2. The van der Waals surface area contributed by atoms with Crippen LogP contribution in [0.5, 0.6) is 0 Å². The lowest BCUT2D eigenvalue weighted by Crippen LogP contribution is -2.52. The number of hydrogen-bond acceptors (Lipinski definition) is 12. The van der Waals surface area contributed by atoms with E-state index in [0.29, 0.717) is 31.8 Å². The Morgan fingerprint density at radius 3 is 1.44 bits per heavy atom. The maximum Gasteiger partial charge on any atom is 0.410 e. The largest absolute Gasteiger partial charge is 0.479 e. The number of carbonyl (C=O) groups is 4. The minimum atomic E-state index is -1.06. The second kappa shape index (κ2) is 29.7. The van der Waals surface area contributed by atoms with Gasteiger partial charge in [0.2, 0.25) is 0 Å². The third-order valence-electron chi connectivity index (χ3n) is 5.44. The van der Waals surface area contributed by atoms with Crippen molar-refractivity contribution in [3.8, 4) is 0 Å². The predicted octanol–water partition coefficient (Wildman–Crippen LogP) is 4.04. The van der Waals surface area contributed by atoms with Gasteiger partial charge in [0.05, 0.1) is 45.9 Å². The Bertz CT molecular complexity index is 918. The van der Waals surface area contributed by atoms with E-state index in [0.717, 1.165) is 5.06 Å². The van der Waals surface area contributed by atoms with Crippen LogP contribution in [0.1, 0.15) is 69.2 Å². The average molecular weight is 787 g/mol. The third kappa shape index (κ3) is 30.9. The molecule has 2 aliphatic heterocycles. The molecule has 0 aromatic heterocycles. The SMILES string of the molecule is CC(C)(C)OC(=O)N1CCO[C@H](C(=O)O)C1.CC(C)NC(C)C.CNOC.CON(C)C(=O)[C@@H]1CN(C(=O)OC(C)(C)C)CCO1.ClCCl.S. The van der Waals surface area contributed by atoms with Crippen molar-refractivity contribution in [2.24, 2.45) is 0 Å². The zero-order valence-corrected chi connectivity index (χ0v) is 34.9. The number of amides is 3. The molecule has 2 rings (SSSR count). The zero-order valence-electron chi connectivity index (χ0n) is 32.4. The van der Waals surface area contributed by atoms with Gasteiger partial charge in [-0.15, -0.1) is 23.2 Å². The van der Waals surface area contributed by atoms with Crippen LogP contribution in [0.3, 0.4) is 0 Å². The fourth-order valence-electron chi connectivity index (χ4n) is 3.54. The lowest BCUT2D eigenvalue weighted by Gasteiger charge is -2.34. The first-order valence-electron chi connectivity index (χ1n) is 15.8. The first-order valence-corrected chi connectivity index (χ1v) is 16.9. The van der Waals surface area contributed by atoms with Crippen molar-refractivity contribution >= 4 is 60.8 Å². The van der Waals surface area contributed by atoms with Crippen LogP contribution in [0.2, 0.25) is 0 Å². The summed E-state index contributed by atoms with van der Waals surface area (Å²) in [4.78, 5) is 58.1. The number of morpholine rings is 2. The van der Waals surface area contributed by atoms with Gasteiger partial charge in [-0.05, 0) is 41.5 Å². The molecule has 0 radical (unpaired) electrons. The molecule has 0 aromatic carbocycles. The minimum absolute atomic E-state index is 0. The standard InChI is InChI=1S/C12H22N2O5.C10H17NO5.C6H15N.C2H7NO.CH2Cl2.H2S/c1-12(2,3)19-11(16)14-6-7-18-9(8-14)10(15)13(4)17-5;1-10(2,3)16-9(14)11-4-5-15-7(6-11)8(12)13;1-5(2)7-6(3)4;1-3-4-2;2-1-3;/h9H,6-8H2,1-5H3;7H,4-6H2,1-3H3,(H,12,13);5-7H,1-4H3;3H,1-2H3;1H2;1H2/t9-;7-;;;;/m00..../s1. The van der Waals surface area contributed by atoms with E-state index in [-0.39, 0.29) is 44.4 Å². The number of nitrogens with one attached hydrogen (secondary N) is 2. The summed E-state index contributed by atoms with van der Waals surface area (Å²) < 4.78 is 20.8. The van der Waals surface area contributed by atoms with Gasteiger partial charge in [-0.2, -0.15) is 13.5 Å². The summed E-state index contributed by atoms with van der Waals surface area (Å²) >= 11 is 9.53. The molecule has 0 spiro atoms. The molecule has 19 heteroatoms. The number of aliphatic carboxylic acids is 1. The van der Waals surface area contributed by atoms with Gasteiger partial charge in [0.15, 0.2) is 12.2 Å². The number of rotatable bonds is 6. The summed E-state index contributed by atoms with van der Waals surface area (Å²) in [5.41, 5.74) is 1.30. The van der Waals surface area contributed by atoms with Crippen LogP contribution in [-0.4, -0.2) is 153 Å². The molecular formula is C31H65Cl2N5O11S. The normalized spacial score (nSPS) is 17.1. The van der Waals surface area contributed by atoms with E-state index in [1.54, 1.807) is 55.7 Å². The van der Waals surface area contributed by atoms with E-state index in [1.165, 1.54) is 24.0 Å². The van der Waals surface area contributed by atoms with Crippen LogP contribution < -0.4 is 10.8 Å². The lowest BCUT2D eigenvalue weighted by atomic mass is 10.2. The Hall–Kier alpha value is -1.83. The molecule has 3 amide bonds. The van der Waals surface area contributed by atoms with Gasteiger partial charge in [-0.3, -0.25) is 9.63 Å². The number of likely N-dealkylation sites (N-methyl/N-ethyl adjacent to an activating group) is 1. The molecule has 2 atom stereocenters. The summed E-state index contributed by atoms with van der Waals surface area (Å²) in [6, 6.07) is 1.25. The number of carboxylic acids is 1. The molecule has 0 aliphatic carbocycles. The summed E-state index contributed by atoms with van der Waals surface area (Å²) in [6.07, 6.45) is -2.61. The molecular weight excluding hydrogens is 721 g/mol. The second-order valence-electron chi connectivity index (χ2n) is 12.9. The molecule has 50 heavy (non-hydrogen) atoms. The zero-order chi connectivity index (χ0) is 39.0. The highest BCUT2D eigenvalue weighted by Gasteiger charge is 2.34. The highest BCUT2D eigenvalue weighted by atomic mass is 35.5. The van der Waals surface area contributed by atoms with E-state index < -0.39 is 41.6 Å². The van der Waals surface area contributed by atoms with Gasteiger partial charge >= 0.3 is 18.2 Å². The van der Waals surface area contributed by atoms with Crippen molar-refractivity contribution < 1.29 is 52.9 Å². The Balaban J connectivity index is -0.000000306. The van der Waals surface area contributed by atoms with Gasteiger partial charge in [0.1, 0.15) is 11.2 Å². The quantitative estimate of drug-likeness (QED) is 0.260. The highest BCUT2D eigenvalue weighted by molar-refractivity contribution is 7.59. The van der Waals surface area contributed by atoms with Crippen LogP contribution >= 0.6 is 36.7 Å². The second-order valence-corrected chi connectivity index (χ2v) is 13.7. The van der Waals surface area contributed by atoms with Crippen LogP contribution in [0, 0.1) is 0 Å². The highest BCUT2D eigenvalue weighted by Crippen LogP contribution is 2.15. The van der Waals surface area contributed by atoms with Crippen molar-refractivity contribution in [3.05, 3.63) is 0 Å². The summed E-state index contributed by atoms with van der Waals surface area (Å²) in [5.74, 6) is -1.39. The van der Waals surface area contributed by atoms with Gasteiger partial charge < -0.3 is 44.0 Å². The number of ether oxygens (including phenoxy) is 4. The predicted molar refractivity (Wildman–Crippen MR) is 199 cm³/mol. The molecule has 0 aromatic rings. The van der Waals surface area contributed by atoms with E-state index in [2.05, 4.69) is 43.3 Å².